The highest BCUT2D eigenvalue weighted by molar-refractivity contribution is 6.34. The Bertz CT molecular complexity index is 1430. The fraction of sp³-hybridized carbons (Fsp3) is 0.154. The number of nitro benzene ring substituents is 1. The van der Waals surface area contributed by atoms with E-state index in [-0.39, 0.29) is 36.0 Å². The van der Waals surface area contributed by atoms with Gasteiger partial charge in [0, 0.05) is 30.7 Å². The lowest BCUT2D eigenvalue weighted by atomic mass is 10.1. The summed E-state index contributed by atoms with van der Waals surface area (Å²) in [5.74, 6) is -2.62. The van der Waals surface area contributed by atoms with Crippen LogP contribution in [0.3, 0.4) is 0 Å². The third-order valence-electron chi connectivity index (χ3n) is 6.25. The second kappa shape index (κ2) is 8.73. The third-order valence-corrected chi connectivity index (χ3v) is 6.25. The lowest BCUT2D eigenvalue weighted by Crippen LogP contribution is -2.29. The van der Waals surface area contributed by atoms with Crippen molar-refractivity contribution in [2.45, 2.75) is 13.3 Å². The summed E-state index contributed by atoms with van der Waals surface area (Å²) in [6.45, 7) is 1.61. The average molecular weight is 485 g/mol. The van der Waals surface area contributed by atoms with Crippen molar-refractivity contribution in [3.8, 4) is 5.75 Å². The van der Waals surface area contributed by atoms with E-state index in [0.717, 1.165) is 4.90 Å². The van der Waals surface area contributed by atoms with Crippen molar-refractivity contribution in [3.05, 3.63) is 93.5 Å². The number of anilines is 2. The monoisotopic (exact) mass is 485 g/mol. The molecule has 2 aliphatic rings. The van der Waals surface area contributed by atoms with Crippen LogP contribution in [0, 0.1) is 23.0 Å². The van der Waals surface area contributed by atoms with Crippen molar-refractivity contribution >= 4 is 40.8 Å². The first-order valence-corrected chi connectivity index (χ1v) is 11.1. The summed E-state index contributed by atoms with van der Waals surface area (Å²) in [4.78, 5) is 64.0. The van der Waals surface area contributed by atoms with E-state index in [1.54, 1.807) is 55.5 Å². The molecule has 5 rings (SSSR count). The van der Waals surface area contributed by atoms with Crippen LogP contribution in [-0.4, -0.2) is 35.2 Å². The van der Waals surface area contributed by atoms with Crippen LogP contribution in [-0.2, 0) is 9.59 Å². The molecule has 3 amide bonds. The Morgan fingerprint density at radius 3 is 2.31 bits per heavy atom. The summed E-state index contributed by atoms with van der Waals surface area (Å²) in [7, 11) is 0. The Balaban J connectivity index is 1.31. The molecule has 180 valence electrons. The number of nitrogens with zero attached hydrogens (tertiary/aromatic N) is 3. The zero-order valence-corrected chi connectivity index (χ0v) is 19.0. The number of ether oxygens (including phenoxy) is 1. The van der Waals surface area contributed by atoms with Crippen molar-refractivity contribution in [1.82, 2.24) is 0 Å². The predicted molar refractivity (Wildman–Crippen MR) is 128 cm³/mol. The zero-order valence-electron chi connectivity index (χ0n) is 19.0. The molecule has 36 heavy (non-hydrogen) atoms. The van der Waals surface area contributed by atoms with Gasteiger partial charge in [-0.05, 0) is 37.3 Å². The van der Waals surface area contributed by atoms with Crippen LogP contribution in [0.2, 0.25) is 0 Å². The van der Waals surface area contributed by atoms with Crippen LogP contribution in [0.4, 0.5) is 17.1 Å². The lowest BCUT2D eigenvalue weighted by molar-refractivity contribution is -0.385. The minimum atomic E-state index is -0.791. The number of hydrogen-bond acceptors (Lipinski definition) is 7. The van der Waals surface area contributed by atoms with E-state index in [1.807, 2.05) is 0 Å². The Kier molecular flexibility index (Phi) is 5.56. The molecular weight excluding hydrogens is 466 g/mol. The van der Waals surface area contributed by atoms with Gasteiger partial charge in [-0.15, -0.1) is 0 Å². The molecule has 3 aromatic carbocycles. The number of imide groups is 1. The summed E-state index contributed by atoms with van der Waals surface area (Å²) >= 11 is 0. The summed E-state index contributed by atoms with van der Waals surface area (Å²) in [6.07, 6.45) is -0.112. The molecule has 10 heteroatoms. The Hall–Kier alpha value is -4.86. The molecule has 0 aliphatic carbocycles. The van der Waals surface area contributed by atoms with Crippen molar-refractivity contribution < 1.29 is 28.8 Å². The molecule has 0 aromatic heterocycles. The topological polar surface area (TPSA) is 127 Å². The van der Waals surface area contributed by atoms with Crippen molar-refractivity contribution in [3.63, 3.8) is 0 Å². The average Bonchev–Trinajstić information content (AvgIpc) is 3.37. The van der Waals surface area contributed by atoms with Gasteiger partial charge in [0.25, 0.3) is 17.5 Å². The van der Waals surface area contributed by atoms with E-state index in [9.17, 15) is 29.3 Å². The number of rotatable bonds is 5. The van der Waals surface area contributed by atoms with Crippen LogP contribution in [0.15, 0.2) is 66.7 Å². The molecule has 0 N–H and O–H groups in total. The minimum absolute atomic E-state index is 0.00990. The summed E-state index contributed by atoms with van der Waals surface area (Å²) in [5.41, 5.74) is 1.53. The second-order valence-corrected chi connectivity index (χ2v) is 8.54. The smallest absolute Gasteiger partial charge is 0.316 e. The van der Waals surface area contributed by atoms with Crippen molar-refractivity contribution in [1.29, 1.82) is 0 Å². The molecular formula is C26H19N3O7. The Morgan fingerprint density at radius 2 is 1.64 bits per heavy atom. The third kappa shape index (κ3) is 3.88. The molecule has 0 unspecified atom stereocenters. The molecule has 10 nitrogen and oxygen atoms in total. The molecule has 1 atom stereocenters. The Morgan fingerprint density at radius 1 is 0.944 bits per heavy atom. The molecule has 0 spiro atoms. The number of hydrogen-bond donors (Lipinski definition) is 0. The number of aryl methyl sites for hydroxylation is 1. The van der Waals surface area contributed by atoms with E-state index in [0.29, 0.717) is 22.4 Å². The number of carbonyl (C=O) groups excluding carboxylic acids is 4. The molecule has 0 saturated carbocycles. The Labute approximate surface area is 204 Å². The van der Waals surface area contributed by atoms with Crippen LogP contribution in [0.5, 0.6) is 5.75 Å². The first-order chi connectivity index (χ1) is 17.2. The number of esters is 1. The summed E-state index contributed by atoms with van der Waals surface area (Å²) in [5, 5.41) is 11.3. The van der Waals surface area contributed by atoms with Gasteiger partial charge in [-0.3, -0.25) is 29.3 Å². The maximum absolute atomic E-state index is 12.8. The zero-order chi connectivity index (χ0) is 25.6. The highest BCUT2D eigenvalue weighted by Crippen LogP contribution is 2.33. The van der Waals surface area contributed by atoms with Gasteiger partial charge in [0.05, 0.1) is 33.3 Å². The molecule has 0 bridgehead atoms. The first-order valence-electron chi connectivity index (χ1n) is 11.1. The van der Waals surface area contributed by atoms with Gasteiger partial charge < -0.3 is 9.64 Å². The number of nitro groups is 1. The van der Waals surface area contributed by atoms with Gasteiger partial charge >= 0.3 is 5.97 Å². The molecule has 2 heterocycles. The first kappa shape index (κ1) is 22.9. The van der Waals surface area contributed by atoms with Crippen LogP contribution in [0.25, 0.3) is 0 Å². The van der Waals surface area contributed by atoms with E-state index < -0.39 is 28.6 Å². The van der Waals surface area contributed by atoms with Crippen molar-refractivity contribution in [2.75, 3.05) is 16.3 Å². The van der Waals surface area contributed by atoms with Crippen LogP contribution in [0.1, 0.15) is 32.7 Å². The normalized spacial score (nSPS) is 16.9. The SMILES string of the molecule is Cc1ccc(N2C[C@@H](C(=O)Oc3cccc(N4C(=O)c5ccccc5C4=O)c3)CC2=O)cc1[N+](=O)[O-]. The highest BCUT2D eigenvalue weighted by atomic mass is 16.6. The largest absolute Gasteiger partial charge is 0.426 e. The maximum Gasteiger partial charge on any atom is 0.316 e. The molecule has 1 fully saturated rings. The highest BCUT2D eigenvalue weighted by Gasteiger charge is 2.38. The van der Waals surface area contributed by atoms with Gasteiger partial charge in [0.15, 0.2) is 0 Å². The van der Waals surface area contributed by atoms with E-state index in [2.05, 4.69) is 0 Å². The van der Waals surface area contributed by atoms with Gasteiger partial charge in [0.2, 0.25) is 5.91 Å². The molecule has 0 radical (unpaired) electrons. The number of fused-ring (bicyclic) bond motifs is 1. The quantitative estimate of drug-likeness (QED) is 0.177. The standard InChI is InChI=1S/C26H19N3O7/c1-15-9-10-17(13-22(15)29(34)35)27-14-16(11-23(27)30)26(33)36-19-6-4-5-18(12-19)28-24(31)20-7-2-3-8-21(20)25(28)32/h2-10,12-13,16H,11,14H2,1H3/t16-/m0/s1. The minimum Gasteiger partial charge on any atom is -0.426 e. The second-order valence-electron chi connectivity index (χ2n) is 8.54. The van der Waals surface area contributed by atoms with Gasteiger partial charge in [0.1, 0.15) is 5.75 Å². The number of benzene rings is 3. The van der Waals surface area contributed by atoms with E-state index >= 15 is 0 Å². The number of amides is 3. The van der Waals surface area contributed by atoms with Gasteiger partial charge in [-0.25, -0.2) is 4.90 Å². The van der Waals surface area contributed by atoms with Crippen LogP contribution >= 0.6 is 0 Å². The van der Waals surface area contributed by atoms with Crippen LogP contribution < -0.4 is 14.5 Å². The van der Waals surface area contributed by atoms with E-state index in [4.69, 9.17) is 4.74 Å². The number of carbonyl (C=O) groups is 4. The van der Waals surface area contributed by atoms with Crippen molar-refractivity contribution in [2.24, 2.45) is 5.92 Å². The molecule has 3 aromatic rings. The summed E-state index contributed by atoms with van der Waals surface area (Å²) < 4.78 is 5.48. The fourth-order valence-corrected chi connectivity index (χ4v) is 4.39. The summed E-state index contributed by atoms with van der Waals surface area (Å²) in [6, 6.07) is 17.0. The molecule has 2 aliphatic heterocycles. The van der Waals surface area contributed by atoms with Gasteiger partial charge in [-0.2, -0.15) is 0 Å². The van der Waals surface area contributed by atoms with E-state index in [1.165, 1.54) is 23.1 Å². The van der Waals surface area contributed by atoms with Gasteiger partial charge in [-0.1, -0.05) is 24.3 Å². The molecule has 1 saturated heterocycles. The lowest BCUT2D eigenvalue weighted by Gasteiger charge is -2.17. The predicted octanol–water partition coefficient (Wildman–Crippen LogP) is 3.66. The maximum atomic E-state index is 12.8. The fourth-order valence-electron chi connectivity index (χ4n) is 4.39.